The predicted octanol–water partition coefficient (Wildman–Crippen LogP) is 2.03. The first kappa shape index (κ1) is 11.5. The van der Waals surface area contributed by atoms with Gasteiger partial charge in [-0.2, -0.15) is 0 Å². The number of benzene rings is 1. The van der Waals surface area contributed by atoms with Crippen LogP contribution in [-0.4, -0.2) is 10.6 Å². The summed E-state index contributed by atoms with van der Waals surface area (Å²) in [4.78, 5) is 0. The Morgan fingerprint density at radius 3 is 2.80 bits per heavy atom. The van der Waals surface area contributed by atoms with E-state index in [1.165, 1.54) is 18.2 Å². The summed E-state index contributed by atoms with van der Waals surface area (Å²) in [5.74, 6) is 2.25. The molecule has 0 aliphatic heterocycles. The van der Waals surface area contributed by atoms with Crippen molar-refractivity contribution in [3.63, 3.8) is 0 Å². The van der Waals surface area contributed by atoms with Gasteiger partial charge in [0.25, 0.3) is 0 Å². The van der Waals surface area contributed by atoms with Crippen molar-refractivity contribution >= 4 is 0 Å². The Bertz CT molecular complexity index is 393. The first-order valence-electron chi connectivity index (χ1n) is 4.65. The number of phenolic OH excluding ortho intramolecular Hbond substituents is 1. The van der Waals surface area contributed by atoms with E-state index < -0.39 is 5.54 Å². The van der Waals surface area contributed by atoms with Gasteiger partial charge in [-0.05, 0) is 32.0 Å². The van der Waals surface area contributed by atoms with Crippen molar-refractivity contribution in [1.29, 1.82) is 0 Å². The highest BCUT2D eigenvalue weighted by atomic mass is 19.1. The SMILES string of the molecule is C#CC(C)(C)NCc1cc(F)ccc1O. The van der Waals surface area contributed by atoms with E-state index in [4.69, 9.17) is 6.42 Å². The van der Waals surface area contributed by atoms with Gasteiger partial charge in [-0.3, -0.25) is 5.32 Å². The van der Waals surface area contributed by atoms with E-state index in [9.17, 15) is 9.50 Å². The molecule has 0 spiro atoms. The first-order valence-corrected chi connectivity index (χ1v) is 4.65. The molecule has 3 heteroatoms. The fraction of sp³-hybridized carbons (Fsp3) is 0.333. The molecule has 0 aliphatic carbocycles. The van der Waals surface area contributed by atoms with Crippen molar-refractivity contribution in [1.82, 2.24) is 5.32 Å². The summed E-state index contributed by atoms with van der Waals surface area (Å²) in [5.41, 5.74) is 0.0250. The first-order chi connectivity index (χ1) is 6.94. The van der Waals surface area contributed by atoms with E-state index in [0.717, 1.165) is 0 Å². The molecule has 1 aromatic rings. The van der Waals surface area contributed by atoms with E-state index in [2.05, 4.69) is 11.2 Å². The molecule has 0 unspecified atom stereocenters. The molecule has 0 bridgehead atoms. The average Bonchev–Trinajstić information content (AvgIpc) is 2.20. The lowest BCUT2D eigenvalue weighted by Gasteiger charge is -2.19. The van der Waals surface area contributed by atoms with Gasteiger partial charge < -0.3 is 5.11 Å². The second-order valence-electron chi connectivity index (χ2n) is 3.90. The average molecular weight is 207 g/mol. The number of hydrogen-bond acceptors (Lipinski definition) is 2. The monoisotopic (exact) mass is 207 g/mol. The van der Waals surface area contributed by atoms with Crippen molar-refractivity contribution < 1.29 is 9.50 Å². The Labute approximate surface area is 89.1 Å². The maximum atomic E-state index is 12.9. The summed E-state index contributed by atoms with van der Waals surface area (Å²) >= 11 is 0. The zero-order valence-corrected chi connectivity index (χ0v) is 8.84. The van der Waals surface area contributed by atoms with Gasteiger partial charge in [0.15, 0.2) is 0 Å². The van der Waals surface area contributed by atoms with Gasteiger partial charge >= 0.3 is 0 Å². The van der Waals surface area contributed by atoms with E-state index in [1.807, 2.05) is 13.8 Å². The largest absolute Gasteiger partial charge is 0.508 e. The quantitative estimate of drug-likeness (QED) is 0.743. The van der Waals surface area contributed by atoms with Gasteiger partial charge in [0.1, 0.15) is 11.6 Å². The maximum Gasteiger partial charge on any atom is 0.123 e. The highest BCUT2D eigenvalue weighted by Crippen LogP contribution is 2.18. The fourth-order valence-corrected chi connectivity index (χ4v) is 1.06. The van der Waals surface area contributed by atoms with Crippen LogP contribution in [0.1, 0.15) is 19.4 Å². The van der Waals surface area contributed by atoms with E-state index >= 15 is 0 Å². The van der Waals surface area contributed by atoms with Crippen LogP contribution in [-0.2, 0) is 6.54 Å². The van der Waals surface area contributed by atoms with Crippen LogP contribution in [0.25, 0.3) is 0 Å². The molecule has 0 fully saturated rings. The van der Waals surface area contributed by atoms with Crippen LogP contribution in [0.3, 0.4) is 0 Å². The standard InChI is InChI=1S/C12H14FNO/c1-4-12(2,3)14-8-9-7-10(13)5-6-11(9)15/h1,5-7,14-15H,8H2,2-3H3. The minimum absolute atomic E-state index is 0.0664. The minimum atomic E-state index is -0.473. The second kappa shape index (κ2) is 4.33. The number of nitrogens with one attached hydrogen (secondary N) is 1. The number of terminal acetylenes is 1. The lowest BCUT2D eigenvalue weighted by atomic mass is 10.1. The lowest BCUT2D eigenvalue weighted by molar-refractivity contribution is 0.445. The highest BCUT2D eigenvalue weighted by molar-refractivity contribution is 5.32. The van der Waals surface area contributed by atoms with Gasteiger partial charge in [-0.1, -0.05) is 5.92 Å². The molecule has 0 aromatic heterocycles. The van der Waals surface area contributed by atoms with Gasteiger partial charge in [0.2, 0.25) is 0 Å². The van der Waals surface area contributed by atoms with Crippen LogP contribution in [0.4, 0.5) is 4.39 Å². The molecule has 0 saturated heterocycles. The summed E-state index contributed by atoms with van der Waals surface area (Å²) < 4.78 is 12.9. The number of rotatable bonds is 3. The van der Waals surface area contributed by atoms with Crippen molar-refractivity contribution in [2.75, 3.05) is 0 Å². The summed E-state index contributed by atoms with van der Waals surface area (Å²) in [6, 6.07) is 3.83. The second-order valence-corrected chi connectivity index (χ2v) is 3.90. The van der Waals surface area contributed by atoms with Gasteiger partial charge in [-0.25, -0.2) is 4.39 Å². The topological polar surface area (TPSA) is 32.3 Å². The highest BCUT2D eigenvalue weighted by Gasteiger charge is 2.13. The summed E-state index contributed by atoms with van der Waals surface area (Å²) in [5, 5.41) is 12.5. The molecule has 2 nitrogen and oxygen atoms in total. The molecule has 0 amide bonds. The third kappa shape index (κ3) is 3.26. The van der Waals surface area contributed by atoms with Crippen LogP contribution in [0.5, 0.6) is 5.75 Å². The molecule has 0 saturated carbocycles. The molecule has 0 atom stereocenters. The molecular formula is C12H14FNO. The van der Waals surface area contributed by atoms with Gasteiger partial charge in [-0.15, -0.1) is 6.42 Å². The van der Waals surface area contributed by atoms with Crippen molar-refractivity contribution in [3.8, 4) is 18.1 Å². The lowest BCUT2D eigenvalue weighted by Crippen LogP contribution is -2.36. The molecule has 0 aliphatic rings. The fourth-order valence-electron chi connectivity index (χ4n) is 1.06. The number of aromatic hydroxyl groups is 1. The predicted molar refractivity (Wildman–Crippen MR) is 57.8 cm³/mol. The van der Waals surface area contributed by atoms with Crippen LogP contribution in [0, 0.1) is 18.2 Å². The minimum Gasteiger partial charge on any atom is -0.508 e. The third-order valence-corrected chi connectivity index (χ3v) is 2.12. The Balaban J connectivity index is 2.74. The molecule has 1 rings (SSSR count). The van der Waals surface area contributed by atoms with Gasteiger partial charge in [0, 0.05) is 12.1 Å². The normalized spacial score (nSPS) is 11.1. The van der Waals surface area contributed by atoms with Crippen molar-refractivity contribution in [2.45, 2.75) is 25.9 Å². The number of hydrogen-bond donors (Lipinski definition) is 2. The maximum absolute atomic E-state index is 12.9. The molecule has 1 aromatic carbocycles. The molecule has 0 heterocycles. The Morgan fingerprint density at radius 2 is 2.20 bits per heavy atom. The Hall–Kier alpha value is -1.53. The molecule has 15 heavy (non-hydrogen) atoms. The third-order valence-electron chi connectivity index (χ3n) is 2.12. The van der Waals surface area contributed by atoms with Crippen LogP contribution >= 0.6 is 0 Å². The zero-order chi connectivity index (χ0) is 11.5. The smallest absolute Gasteiger partial charge is 0.123 e. The van der Waals surface area contributed by atoms with Crippen LogP contribution in [0.15, 0.2) is 18.2 Å². The summed E-state index contributed by atoms with van der Waals surface area (Å²) in [7, 11) is 0. The molecule has 2 N–H and O–H groups in total. The van der Waals surface area contributed by atoms with Crippen molar-refractivity contribution in [3.05, 3.63) is 29.6 Å². The number of phenols is 1. The number of halogens is 1. The molecular weight excluding hydrogens is 193 g/mol. The van der Waals surface area contributed by atoms with E-state index in [0.29, 0.717) is 12.1 Å². The van der Waals surface area contributed by atoms with Crippen LogP contribution in [0.2, 0.25) is 0 Å². The molecule has 0 radical (unpaired) electrons. The molecule has 80 valence electrons. The Kier molecular flexibility index (Phi) is 3.33. The van der Waals surface area contributed by atoms with E-state index in [1.54, 1.807) is 0 Å². The summed E-state index contributed by atoms with van der Waals surface area (Å²) in [6.07, 6.45) is 5.29. The summed E-state index contributed by atoms with van der Waals surface area (Å²) in [6.45, 7) is 4.01. The Morgan fingerprint density at radius 1 is 1.53 bits per heavy atom. The zero-order valence-electron chi connectivity index (χ0n) is 8.84. The van der Waals surface area contributed by atoms with Gasteiger partial charge in [0.05, 0.1) is 5.54 Å². The van der Waals surface area contributed by atoms with E-state index in [-0.39, 0.29) is 11.6 Å². The van der Waals surface area contributed by atoms with Crippen molar-refractivity contribution in [2.24, 2.45) is 0 Å². The van der Waals surface area contributed by atoms with Crippen LogP contribution < -0.4 is 5.32 Å².